The third kappa shape index (κ3) is 4.10. The Morgan fingerprint density at radius 1 is 1.50 bits per heavy atom. The average molecular weight is 313 g/mol. The lowest BCUT2D eigenvalue weighted by molar-refractivity contribution is -0.132. The number of hydrogen-bond acceptors (Lipinski definition) is 2. The quantitative estimate of drug-likeness (QED) is 0.908. The van der Waals surface area contributed by atoms with Gasteiger partial charge in [0, 0.05) is 18.1 Å². The first-order valence-corrected chi connectivity index (χ1v) is 7.00. The van der Waals surface area contributed by atoms with Gasteiger partial charge in [-0.1, -0.05) is 48.3 Å². The van der Waals surface area contributed by atoms with Gasteiger partial charge in [0.2, 0.25) is 5.91 Å². The smallest absolute Gasteiger partial charge is 0.239 e. The lowest BCUT2D eigenvalue weighted by Gasteiger charge is -2.24. The molecule has 0 heterocycles. The summed E-state index contributed by atoms with van der Waals surface area (Å²) in [6.45, 7) is 4.64. The van der Waals surface area contributed by atoms with Crippen molar-refractivity contribution in [1.29, 1.82) is 0 Å². The number of nitrogens with two attached hydrogens (primary N) is 1. The van der Waals surface area contributed by atoms with Crippen LogP contribution < -0.4 is 5.73 Å². The molecule has 3 nitrogen and oxygen atoms in total. The molecule has 0 saturated carbocycles. The molecular formula is C14H21BrN2O. The van der Waals surface area contributed by atoms with Crippen LogP contribution in [-0.4, -0.2) is 23.9 Å². The molecule has 18 heavy (non-hydrogen) atoms. The maximum atomic E-state index is 12.1. The Labute approximate surface area is 117 Å². The van der Waals surface area contributed by atoms with Crippen molar-refractivity contribution >= 4 is 21.8 Å². The van der Waals surface area contributed by atoms with Gasteiger partial charge in [-0.15, -0.1) is 0 Å². The van der Waals surface area contributed by atoms with Crippen LogP contribution in [0.25, 0.3) is 0 Å². The van der Waals surface area contributed by atoms with Gasteiger partial charge in [0.05, 0.1) is 6.04 Å². The molecule has 0 aliphatic heterocycles. The molecule has 0 aliphatic carbocycles. The summed E-state index contributed by atoms with van der Waals surface area (Å²) in [4.78, 5) is 13.8. The summed E-state index contributed by atoms with van der Waals surface area (Å²) in [6.07, 6.45) is 0.914. The van der Waals surface area contributed by atoms with Crippen LogP contribution in [-0.2, 0) is 11.3 Å². The minimum atomic E-state index is -0.410. The van der Waals surface area contributed by atoms with Gasteiger partial charge in [-0.2, -0.15) is 0 Å². The molecule has 0 fully saturated rings. The number of nitrogens with zero attached hydrogens (tertiary/aromatic N) is 1. The number of hydrogen-bond donors (Lipinski definition) is 1. The Hall–Kier alpha value is -0.870. The van der Waals surface area contributed by atoms with Gasteiger partial charge in [-0.05, 0) is 23.6 Å². The number of carbonyl (C=O) groups is 1. The molecule has 2 atom stereocenters. The van der Waals surface area contributed by atoms with Crippen LogP contribution in [0.1, 0.15) is 25.8 Å². The predicted molar refractivity (Wildman–Crippen MR) is 78.0 cm³/mol. The standard InChI is InChI=1S/C14H21BrN2O/c1-4-10(2)13(16)14(18)17(3)9-11-6-5-7-12(15)8-11/h5-8,10,13H,4,9,16H2,1-3H3/t10-,13-/m0/s1. The highest BCUT2D eigenvalue weighted by atomic mass is 79.9. The van der Waals surface area contributed by atoms with E-state index in [0.717, 1.165) is 16.5 Å². The second kappa shape index (κ2) is 6.90. The van der Waals surface area contributed by atoms with Crippen molar-refractivity contribution in [3.05, 3.63) is 34.3 Å². The molecule has 0 spiro atoms. The van der Waals surface area contributed by atoms with Gasteiger partial charge >= 0.3 is 0 Å². The monoisotopic (exact) mass is 312 g/mol. The molecule has 0 radical (unpaired) electrons. The van der Waals surface area contributed by atoms with Crippen LogP contribution in [0.4, 0.5) is 0 Å². The normalized spacial score (nSPS) is 14.1. The van der Waals surface area contributed by atoms with Gasteiger partial charge < -0.3 is 10.6 Å². The van der Waals surface area contributed by atoms with Gasteiger partial charge in [-0.3, -0.25) is 4.79 Å². The van der Waals surface area contributed by atoms with Crippen LogP contribution in [0, 0.1) is 5.92 Å². The summed E-state index contributed by atoms with van der Waals surface area (Å²) >= 11 is 3.42. The van der Waals surface area contributed by atoms with E-state index in [1.165, 1.54) is 0 Å². The summed E-state index contributed by atoms with van der Waals surface area (Å²) in [5.74, 6) is 0.215. The number of amides is 1. The van der Waals surface area contributed by atoms with Crippen molar-refractivity contribution in [3.8, 4) is 0 Å². The zero-order chi connectivity index (χ0) is 13.7. The molecule has 0 saturated heterocycles. The van der Waals surface area contributed by atoms with Crippen molar-refractivity contribution in [2.45, 2.75) is 32.9 Å². The Morgan fingerprint density at radius 2 is 2.17 bits per heavy atom. The van der Waals surface area contributed by atoms with Crippen LogP contribution in [0.15, 0.2) is 28.7 Å². The highest BCUT2D eigenvalue weighted by Crippen LogP contribution is 2.14. The third-order valence-electron chi connectivity index (χ3n) is 3.23. The highest BCUT2D eigenvalue weighted by Gasteiger charge is 2.22. The molecule has 0 aliphatic rings. The Kier molecular flexibility index (Phi) is 5.82. The van der Waals surface area contributed by atoms with Crippen molar-refractivity contribution in [1.82, 2.24) is 4.90 Å². The lowest BCUT2D eigenvalue weighted by atomic mass is 9.99. The largest absolute Gasteiger partial charge is 0.340 e. The molecule has 1 amide bonds. The van der Waals surface area contributed by atoms with Crippen LogP contribution in [0.5, 0.6) is 0 Å². The maximum absolute atomic E-state index is 12.1. The number of rotatable bonds is 5. The third-order valence-corrected chi connectivity index (χ3v) is 3.72. The molecule has 1 aromatic rings. The van der Waals surface area contributed by atoms with E-state index in [0.29, 0.717) is 6.54 Å². The van der Waals surface area contributed by atoms with E-state index in [2.05, 4.69) is 15.9 Å². The van der Waals surface area contributed by atoms with E-state index in [-0.39, 0.29) is 11.8 Å². The summed E-state index contributed by atoms with van der Waals surface area (Å²) in [5, 5.41) is 0. The molecule has 2 N–H and O–H groups in total. The fraction of sp³-hybridized carbons (Fsp3) is 0.500. The number of halogens is 1. The second-order valence-electron chi connectivity index (χ2n) is 4.74. The molecule has 0 unspecified atom stereocenters. The van der Waals surface area contributed by atoms with Crippen molar-refractivity contribution < 1.29 is 4.79 Å². The van der Waals surface area contributed by atoms with Gasteiger partial charge in [-0.25, -0.2) is 0 Å². The van der Waals surface area contributed by atoms with E-state index >= 15 is 0 Å². The van der Waals surface area contributed by atoms with Crippen molar-refractivity contribution in [2.24, 2.45) is 11.7 Å². The number of likely N-dealkylation sites (N-methyl/N-ethyl adjacent to an activating group) is 1. The van der Waals surface area contributed by atoms with Crippen molar-refractivity contribution in [3.63, 3.8) is 0 Å². The molecule has 1 aromatic carbocycles. The second-order valence-corrected chi connectivity index (χ2v) is 5.65. The summed E-state index contributed by atoms with van der Waals surface area (Å²) in [5.41, 5.74) is 7.05. The SMILES string of the molecule is CC[C@H](C)[C@H](N)C(=O)N(C)Cc1cccc(Br)c1. The first-order chi connectivity index (χ1) is 8.45. The van der Waals surface area contributed by atoms with Crippen LogP contribution >= 0.6 is 15.9 Å². The minimum absolute atomic E-state index is 0.00401. The fourth-order valence-electron chi connectivity index (χ4n) is 1.74. The van der Waals surface area contributed by atoms with Crippen LogP contribution in [0.3, 0.4) is 0 Å². The first-order valence-electron chi connectivity index (χ1n) is 6.20. The zero-order valence-electron chi connectivity index (χ0n) is 11.2. The first kappa shape index (κ1) is 15.2. The maximum Gasteiger partial charge on any atom is 0.239 e. The summed E-state index contributed by atoms with van der Waals surface area (Å²) in [6, 6.07) is 7.54. The fourth-order valence-corrected chi connectivity index (χ4v) is 2.19. The molecule has 4 heteroatoms. The number of benzene rings is 1. The van der Waals surface area contributed by atoms with E-state index in [1.54, 1.807) is 11.9 Å². The number of carbonyl (C=O) groups excluding carboxylic acids is 1. The Balaban J connectivity index is 2.65. The topological polar surface area (TPSA) is 46.3 Å². The Bertz CT molecular complexity index is 409. The van der Waals surface area contributed by atoms with E-state index in [4.69, 9.17) is 5.73 Å². The average Bonchev–Trinajstić information content (AvgIpc) is 2.36. The zero-order valence-corrected chi connectivity index (χ0v) is 12.8. The minimum Gasteiger partial charge on any atom is -0.340 e. The summed E-state index contributed by atoms with van der Waals surface area (Å²) < 4.78 is 1.02. The molecule has 0 aromatic heterocycles. The van der Waals surface area contributed by atoms with Gasteiger partial charge in [0.15, 0.2) is 0 Å². The molecule has 100 valence electrons. The van der Waals surface area contributed by atoms with E-state index in [9.17, 15) is 4.79 Å². The highest BCUT2D eigenvalue weighted by molar-refractivity contribution is 9.10. The van der Waals surface area contributed by atoms with Crippen molar-refractivity contribution in [2.75, 3.05) is 7.05 Å². The molecular weight excluding hydrogens is 292 g/mol. The van der Waals surface area contributed by atoms with Gasteiger partial charge in [0.1, 0.15) is 0 Å². The molecule has 1 rings (SSSR count). The van der Waals surface area contributed by atoms with Gasteiger partial charge in [0.25, 0.3) is 0 Å². The predicted octanol–water partition coefficient (Wildman–Crippen LogP) is 2.78. The van der Waals surface area contributed by atoms with Crippen LogP contribution in [0.2, 0.25) is 0 Å². The van der Waals surface area contributed by atoms with E-state index in [1.807, 2.05) is 38.1 Å². The van der Waals surface area contributed by atoms with E-state index < -0.39 is 6.04 Å². The molecule has 0 bridgehead atoms. The Morgan fingerprint density at radius 3 is 2.72 bits per heavy atom. The lowest BCUT2D eigenvalue weighted by Crippen LogP contribution is -2.45. The summed E-state index contributed by atoms with van der Waals surface area (Å²) in [7, 11) is 1.80.